The van der Waals surface area contributed by atoms with E-state index in [0.717, 1.165) is 16.8 Å². The van der Waals surface area contributed by atoms with Crippen LogP contribution in [0.1, 0.15) is 18.1 Å². The summed E-state index contributed by atoms with van der Waals surface area (Å²) in [4.78, 5) is 12.7. The SMILES string of the molecule is COc1ccc(Cl)cc1NC(=O)[C@H](C)Sc1nnnn1-c1ccc(C)cc1C. The van der Waals surface area contributed by atoms with Crippen molar-refractivity contribution in [1.29, 1.82) is 0 Å². The van der Waals surface area contributed by atoms with Gasteiger partial charge in [-0.2, -0.15) is 4.68 Å². The molecule has 3 rings (SSSR count). The minimum Gasteiger partial charge on any atom is -0.495 e. The van der Waals surface area contributed by atoms with Crippen molar-refractivity contribution in [3.63, 3.8) is 0 Å². The Hall–Kier alpha value is -2.58. The second-order valence-corrected chi connectivity index (χ2v) is 8.00. The van der Waals surface area contributed by atoms with Crippen molar-refractivity contribution in [3.8, 4) is 11.4 Å². The zero-order valence-corrected chi connectivity index (χ0v) is 17.5. The van der Waals surface area contributed by atoms with E-state index < -0.39 is 5.25 Å². The fourth-order valence-electron chi connectivity index (χ4n) is 2.67. The summed E-state index contributed by atoms with van der Waals surface area (Å²) in [7, 11) is 1.54. The summed E-state index contributed by atoms with van der Waals surface area (Å²) in [5, 5.41) is 15.4. The molecule has 7 nitrogen and oxygen atoms in total. The summed E-state index contributed by atoms with van der Waals surface area (Å²) in [5.41, 5.74) is 3.60. The molecule has 2 aromatic carbocycles. The highest BCUT2D eigenvalue weighted by atomic mass is 35.5. The lowest BCUT2D eigenvalue weighted by Crippen LogP contribution is -2.23. The molecule has 0 aliphatic carbocycles. The summed E-state index contributed by atoms with van der Waals surface area (Å²) in [6.45, 7) is 5.82. The van der Waals surface area contributed by atoms with Crippen LogP contribution in [0, 0.1) is 13.8 Å². The van der Waals surface area contributed by atoms with Gasteiger partial charge >= 0.3 is 0 Å². The molecule has 0 unspecified atom stereocenters. The number of aryl methyl sites for hydroxylation is 2. The van der Waals surface area contributed by atoms with Crippen LogP contribution in [0.3, 0.4) is 0 Å². The third-order valence-corrected chi connectivity index (χ3v) is 5.36. The van der Waals surface area contributed by atoms with Crippen LogP contribution >= 0.6 is 23.4 Å². The van der Waals surface area contributed by atoms with E-state index in [1.165, 1.54) is 18.9 Å². The van der Waals surface area contributed by atoms with E-state index in [4.69, 9.17) is 16.3 Å². The minimum absolute atomic E-state index is 0.208. The van der Waals surface area contributed by atoms with Crippen LogP contribution in [0.2, 0.25) is 5.02 Å². The van der Waals surface area contributed by atoms with Crippen LogP contribution in [-0.4, -0.2) is 38.5 Å². The lowest BCUT2D eigenvalue weighted by Gasteiger charge is -2.14. The maximum absolute atomic E-state index is 12.7. The Bertz CT molecular complexity index is 1010. The zero-order chi connectivity index (χ0) is 20.3. The van der Waals surface area contributed by atoms with Crippen LogP contribution in [0.4, 0.5) is 5.69 Å². The standard InChI is InChI=1S/C19H20ClN5O2S/c1-11-5-7-16(12(2)9-11)25-19(22-23-24-25)28-13(3)18(26)21-15-10-14(20)6-8-17(15)27-4/h5-10,13H,1-4H3,(H,21,26)/t13-/m0/s1. The number of anilines is 1. The van der Waals surface area contributed by atoms with Gasteiger partial charge < -0.3 is 10.1 Å². The van der Waals surface area contributed by atoms with Gasteiger partial charge in [0.2, 0.25) is 11.1 Å². The smallest absolute Gasteiger partial charge is 0.237 e. The maximum Gasteiger partial charge on any atom is 0.237 e. The monoisotopic (exact) mass is 417 g/mol. The van der Waals surface area contributed by atoms with Gasteiger partial charge in [0.1, 0.15) is 5.75 Å². The van der Waals surface area contributed by atoms with Crippen LogP contribution in [-0.2, 0) is 4.79 Å². The Morgan fingerprint density at radius 1 is 1.25 bits per heavy atom. The first-order valence-corrected chi connectivity index (χ1v) is 9.82. The van der Waals surface area contributed by atoms with Crippen molar-refractivity contribution in [2.24, 2.45) is 0 Å². The number of nitrogens with zero attached hydrogens (tertiary/aromatic N) is 4. The Kier molecular flexibility index (Phi) is 6.21. The number of hydrogen-bond donors (Lipinski definition) is 1. The molecule has 0 fully saturated rings. The van der Waals surface area contributed by atoms with Crippen molar-refractivity contribution in [2.45, 2.75) is 31.2 Å². The number of rotatable bonds is 6. The first-order chi connectivity index (χ1) is 13.4. The van der Waals surface area contributed by atoms with E-state index in [-0.39, 0.29) is 5.91 Å². The van der Waals surface area contributed by atoms with Crippen LogP contribution in [0.5, 0.6) is 5.75 Å². The second kappa shape index (κ2) is 8.62. The van der Waals surface area contributed by atoms with E-state index in [1.54, 1.807) is 29.8 Å². The molecule has 0 aliphatic rings. The van der Waals surface area contributed by atoms with Crippen LogP contribution in [0.15, 0.2) is 41.6 Å². The van der Waals surface area contributed by atoms with Gasteiger partial charge in [0, 0.05) is 5.02 Å². The third kappa shape index (κ3) is 4.45. The Morgan fingerprint density at radius 3 is 2.75 bits per heavy atom. The quantitative estimate of drug-likeness (QED) is 0.609. The molecule has 146 valence electrons. The number of benzene rings is 2. The highest BCUT2D eigenvalue weighted by Gasteiger charge is 2.21. The number of tetrazole rings is 1. The first kappa shape index (κ1) is 20.2. The van der Waals surface area contributed by atoms with Crippen LogP contribution in [0.25, 0.3) is 5.69 Å². The molecule has 28 heavy (non-hydrogen) atoms. The van der Waals surface area contributed by atoms with Gasteiger partial charge in [0.15, 0.2) is 0 Å². The fraction of sp³-hybridized carbons (Fsp3) is 0.263. The van der Waals surface area contributed by atoms with Crippen LogP contribution < -0.4 is 10.1 Å². The van der Waals surface area contributed by atoms with Crippen molar-refractivity contribution in [2.75, 3.05) is 12.4 Å². The molecule has 9 heteroatoms. The number of hydrogen-bond acceptors (Lipinski definition) is 6. The molecule has 1 amide bonds. The topological polar surface area (TPSA) is 81.9 Å². The largest absolute Gasteiger partial charge is 0.495 e. The van der Waals surface area contributed by atoms with Gasteiger partial charge in [-0.15, -0.1) is 5.10 Å². The predicted molar refractivity (Wildman–Crippen MR) is 111 cm³/mol. The lowest BCUT2D eigenvalue weighted by molar-refractivity contribution is -0.115. The summed E-state index contributed by atoms with van der Waals surface area (Å²) in [6, 6.07) is 11.1. The molecule has 0 radical (unpaired) electrons. The molecule has 1 N–H and O–H groups in total. The van der Waals surface area contributed by atoms with Crippen molar-refractivity contribution >= 4 is 35.0 Å². The number of carbonyl (C=O) groups is 1. The van der Waals surface area contributed by atoms with Crippen molar-refractivity contribution < 1.29 is 9.53 Å². The molecule has 1 heterocycles. The molecule has 0 saturated heterocycles. The van der Waals surface area contributed by atoms with Crippen molar-refractivity contribution in [3.05, 3.63) is 52.5 Å². The van der Waals surface area contributed by atoms with Gasteiger partial charge in [0.05, 0.1) is 23.7 Å². The maximum atomic E-state index is 12.7. The van der Waals surface area contributed by atoms with Gasteiger partial charge in [-0.1, -0.05) is 41.1 Å². The van der Waals surface area contributed by atoms with E-state index in [2.05, 4.69) is 26.9 Å². The molecular formula is C19H20ClN5O2S. The van der Waals surface area contributed by atoms with Crippen molar-refractivity contribution in [1.82, 2.24) is 20.2 Å². The number of methoxy groups -OCH3 is 1. The summed E-state index contributed by atoms with van der Waals surface area (Å²) >= 11 is 7.30. The van der Waals surface area contributed by atoms with Gasteiger partial charge in [-0.05, 0) is 61.0 Å². The molecule has 0 spiro atoms. The average Bonchev–Trinajstić information content (AvgIpc) is 3.09. The molecule has 0 aliphatic heterocycles. The van der Waals surface area contributed by atoms with E-state index in [1.807, 2.05) is 26.0 Å². The van der Waals surface area contributed by atoms with E-state index in [9.17, 15) is 4.79 Å². The van der Waals surface area contributed by atoms with Gasteiger partial charge in [0.25, 0.3) is 0 Å². The zero-order valence-electron chi connectivity index (χ0n) is 15.9. The number of halogens is 1. The minimum atomic E-state index is -0.445. The summed E-state index contributed by atoms with van der Waals surface area (Å²) in [5.74, 6) is 0.329. The predicted octanol–water partition coefficient (Wildman–Crippen LogP) is 4.06. The number of aromatic nitrogens is 4. The highest BCUT2D eigenvalue weighted by Crippen LogP contribution is 2.30. The number of amides is 1. The number of ether oxygens (including phenoxy) is 1. The molecule has 0 bridgehead atoms. The fourth-order valence-corrected chi connectivity index (χ4v) is 3.64. The summed E-state index contributed by atoms with van der Waals surface area (Å²) in [6.07, 6.45) is 0. The normalized spacial score (nSPS) is 11.9. The number of nitrogens with one attached hydrogen (secondary N) is 1. The Labute approximate surface area is 172 Å². The average molecular weight is 418 g/mol. The lowest BCUT2D eigenvalue weighted by atomic mass is 10.1. The second-order valence-electron chi connectivity index (χ2n) is 6.26. The molecule has 0 saturated carbocycles. The van der Waals surface area contributed by atoms with Gasteiger partial charge in [-0.25, -0.2) is 0 Å². The van der Waals surface area contributed by atoms with E-state index in [0.29, 0.717) is 21.6 Å². The number of carbonyl (C=O) groups excluding carboxylic acids is 1. The highest BCUT2D eigenvalue weighted by molar-refractivity contribution is 8.00. The summed E-state index contributed by atoms with van der Waals surface area (Å²) < 4.78 is 6.91. The Morgan fingerprint density at radius 2 is 2.04 bits per heavy atom. The Balaban J connectivity index is 1.77. The van der Waals surface area contributed by atoms with Gasteiger partial charge in [-0.3, -0.25) is 4.79 Å². The third-order valence-electron chi connectivity index (χ3n) is 4.09. The number of thioether (sulfide) groups is 1. The molecular weight excluding hydrogens is 398 g/mol. The molecule has 1 atom stereocenters. The van der Waals surface area contributed by atoms with E-state index >= 15 is 0 Å². The first-order valence-electron chi connectivity index (χ1n) is 8.56. The molecule has 1 aromatic heterocycles. The molecule has 3 aromatic rings.